The third-order valence-electron chi connectivity index (χ3n) is 5.45. The van der Waals surface area contributed by atoms with Gasteiger partial charge in [0.15, 0.2) is 0 Å². The lowest BCUT2D eigenvalue weighted by Crippen LogP contribution is -2.33. The van der Waals surface area contributed by atoms with Crippen LogP contribution < -0.4 is 0 Å². The molecule has 0 amide bonds. The number of hydrogen-bond acceptors (Lipinski definition) is 1. The molecule has 0 spiro atoms. The van der Waals surface area contributed by atoms with Gasteiger partial charge in [-0.05, 0) is 55.6 Å². The summed E-state index contributed by atoms with van der Waals surface area (Å²) in [6.07, 6.45) is 10.3. The van der Waals surface area contributed by atoms with Crippen molar-refractivity contribution < 1.29 is 5.11 Å². The van der Waals surface area contributed by atoms with Crippen LogP contribution in [0.3, 0.4) is 0 Å². The van der Waals surface area contributed by atoms with Gasteiger partial charge < -0.3 is 5.11 Å². The first kappa shape index (κ1) is 13.2. The monoisotopic (exact) mass is 258 g/mol. The Balaban J connectivity index is 1.82. The number of rotatable bonds is 3. The Bertz CT molecular complexity index is 425. The van der Waals surface area contributed by atoms with Gasteiger partial charge in [0, 0.05) is 0 Å². The van der Waals surface area contributed by atoms with Crippen molar-refractivity contribution in [1.82, 2.24) is 0 Å². The highest BCUT2D eigenvalue weighted by atomic mass is 16.3. The van der Waals surface area contributed by atoms with Gasteiger partial charge in [0.2, 0.25) is 0 Å². The summed E-state index contributed by atoms with van der Waals surface area (Å²) >= 11 is 0. The summed E-state index contributed by atoms with van der Waals surface area (Å²) in [6.45, 7) is 2.03. The van der Waals surface area contributed by atoms with Gasteiger partial charge in [-0.25, -0.2) is 0 Å². The van der Waals surface area contributed by atoms with E-state index in [0.29, 0.717) is 5.92 Å². The predicted octanol–water partition coefficient (Wildman–Crippen LogP) is 4.74. The normalized spacial score (nSPS) is 24.7. The average Bonchev–Trinajstić information content (AvgIpc) is 2.38. The lowest BCUT2D eigenvalue weighted by Gasteiger charge is -2.37. The quantitative estimate of drug-likeness (QED) is 0.830. The molecular weight excluding hydrogens is 232 g/mol. The molecule has 0 aromatic heterocycles. The molecule has 19 heavy (non-hydrogen) atoms. The Morgan fingerprint density at radius 3 is 2.37 bits per heavy atom. The minimum atomic E-state index is -0.639. The molecule has 0 saturated heterocycles. The molecule has 104 valence electrons. The molecule has 1 unspecified atom stereocenters. The molecule has 1 N–H and O–H groups in total. The number of aliphatic hydroxyl groups is 1. The molecule has 1 atom stereocenters. The highest BCUT2D eigenvalue weighted by Crippen LogP contribution is 2.41. The van der Waals surface area contributed by atoms with Crippen LogP contribution in [-0.4, -0.2) is 5.11 Å². The maximum absolute atomic E-state index is 11.0. The molecule has 3 rings (SSSR count). The van der Waals surface area contributed by atoms with Crippen molar-refractivity contribution in [2.75, 3.05) is 0 Å². The van der Waals surface area contributed by atoms with E-state index in [9.17, 15) is 5.11 Å². The summed E-state index contributed by atoms with van der Waals surface area (Å²) in [7, 11) is 0. The van der Waals surface area contributed by atoms with Crippen molar-refractivity contribution >= 4 is 0 Å². The van der Waals surface area contributed by atoms with Crippen LogP contribution in [-0.2, 0) is 5.60 Å². The first-order valence-corrected chi connectivity index (χ1v) is 8.01. The lowest BCUT2D eigenvalue weighted by atomic mass is 9.73. The smallest absolute Gasteiger partial charge is 0.0896 e. The van der Waals surface area contributed by atoms with E-state index in [0.717, 1.165) is 11.5 Å². The third-order valence-corrected chi connectivity index (χ3v) is 5.45. The maximum Gasteiger partial charge on any atom is 0.0896 e. The van der Waals surface area contributed by atoms with Gasteiger partial charge in [-0.2, -0.15) is 0 Å². The zero-order valence-corrected chi connectivity index (χ0v) is 12.1. The lowest BCUT2D eigenvalue weighted by molar-refractivity contribution is -0.0216. The van der Waals surface area contributed by atoms with E-state index >= 15 is 0 Å². The average molecular weight is 258 g/mol. The second-order valence-electron chi connectivity index (χ2n) is 6.74. The van der Waals surface area contributed by atoms with Gasteiger partial charge >= 0.3 is 0 Å². The molecule has 2 aliphatic rings. The van der Waals surface area contributed by atoms with Crippen LogP contribution in [0.5, 0.6) is 0 Å². The molecular formula is C18H26O. The van der Waals surface area contributed by atoms with E-state index in [2.05, 4.69) is 24.3 Å². The van der Waals surface area contributed by atoms with Crippen LogP contribution in [0.1, 0.15) is 75.3 Å². The summed E-state index contributed by atoms with van der Waals surface area (Å²) in [6, 6.07) is 8.78. The highest BCUT2D eigenvalue weighted by Gasteiger charge is 2.34. The van der Waals surface area contributed by atoms with Crippen molar-refractivity contribution in [1.29, 1.82) is 0 Å². The second kappa shape index (κ2) is 5.28. The fraction of sp³-hybridized carbons (Fsp3) is 0.667. The molecule has 2 fully saturated rings. The van der Waals surface area contributed by atoms with Crippen LogP contribution >= 0.6 is 0 Å². The Hall–Kier alpha value is -0.820. The van der Waals surface area contributed by atoms with E-state index in [1.165, 1.54) is 56.9 Å². The van der Waals surface area contributed by atoms with Crippen LogP contribution in [0, 0.1) is 5.92 Å². The zero-order chi connectivity index (χ0) is 13.3. The van der Waals surface area contributed by atoms with Crippen molar-refractivity contribution in [2.24, 2.45) is 5.92 Å². The van der Waals surface area contributed by atoms with Crippen LogP contribution in [0.4, 0.5) is 0 Å². The van der Waals surface area contributed by atoms with Crippen molar-refractivity contribution in [3.8, 4) is 0 Å². The fourth-order valence-corrected chi connectivity index (χ4v) is 3.75. The van der Waals surface area contributed by atoms with Gasteiger partial charge in [-0.3, -0.25) is 0 Å². The van der Waals surface area contributed by atoms with Gasteiger partial charge in [0.25, 0.3) is 0 Å². The van der Waals surface area contributed by atoms with Gasteiger partial charge in [0.05, 0.1) is 5.60 Å². The van der Waals surface area contributed by atoms with Gasteiger partial charge in [0.1, 0.15) is 0 Å². The summed E-state index contributed by atoms with van der Waals surface area (Å²) in [5, 5.41) is 11.0. The molecule has 1 nitrogen and oxygen atoms in total. The second-order valence-corrected chi connectivity index (χ2v) is 6.74. The van der Waals surface area contributed by atoms with Gasteiger partial charge in [-0.1, -0.05) is 49.9 Å². The molecule has 1 heteroatoms. The summed E-state index contributed by atoms with van der Waals surface area (Å²) in [5.74, 6) is 1.19. The Kier molecular flexibility index (Phi) is 3.66. The third kappa shape index (κ3) is 2.58. The Labute approximate surface area is 117 Å². The maximum atomic E-state index is 11.0. The van der Waals surface area contributed by atoms with E-state index in [4.69, 9.17) is 0 Å². The largest absolute Gasteiger partial charge is 0.385 e. The topological polar surface area (TPSA) is 20.2 Å². The van der Waals surface area contributed by atoms with Crippen LogP contribution in [0.25, 0.3) is 0 Å². The number of benzene rings is 1. The van der Waals surface area contributed by atoms with Crippen LogP contribution in [0.15, 0.2) is 24.3 Å². The molecule has 0 bridgehead atoms. The first-order chi connectivity index (χ1) is 9.18. The predicted molar refractivity (Wildman–Crippen MR) is 79.2 cm³/mol. The van der Waals surface area contributed by atoms with E-state index in [1.54, 1.807) is 0 Å². The number of hydrogen-bond donors (Lipinski definition) is 1. The molecule has 0 radical (unpaired) electrons. The summed E-state index contributed by atoms with van der Waals surface area (Å²) in [5.41, 5.74) is 1.95. The fourth-order valence-electron chi connectivity index (χ4n) is 3.75. The zero-order valence-electron chi connectivity index (χ0n) is 12.1. The molecule has 2 aliphatic carbocycles. The molecule has 1 aromatic carbocycles. The Morgan fingerprint density at radius 1 is 1.00 bits per heavy atom. The highest BCUT2D eigenvalue weighted by molar-refractivity contribution is 5.31. The van der Waals surface area contributed by atoms with E-state index in [1.807, 2.05) is 6.92 Å². The minimum Gasteiger partial charge on any atom is -0.385 e. The van der Waals surface area contributed by atoms with E-state index < -0.39 is 5.60 Å². The van der Waals surface area contributed by atoms with E-state index in [-0.39, 0.29) is 0 Å². The molecule has 1 aromatic rings. The SMILES string of the molecule is CC(O)(c1cccc(C2CCC2)c1)C1CCCCC1. The first-order valence-electron chi connectivity index (χ1n) is 8.01. The molecule has 2 saturated carbocycles. The van der Waals surface area contributed by atoms with Crippen LogP contribution in [0.2, 0.25) is 0 Å². The van der Waals surface area contributed by atoms with Crippen molar-refractivity contribution in [3.63, 3.8) is 0 Å². The standard InChI is InChI=1S/C18H26O/c1-18(19,16-10-3-2-4-11-16)17-12-6-9-15(13-17)14-7-5-8-14/h6,9,12-14,16,19H,2-5,7-8,10-11H2,1H3. The van der Waals surface area contributed by atoms with Crippen molar-refractivity contribution in [2.45, 2.75) is 69.8 Å². The van der Waals surface area contributed by atoms with Crippen molar-refractivity contribution in [3.05, 3.63) is 35.4 Å². The summed E-state index contributed by atoms with van der Waals surface area (Å²) < 4.78 is 0. The van der Waals surface area contributed by atoms with Gasteiger partial charge in [-0.15, -0.1) is 0 Å². The minimum absolute atomic E-state index is 0.442. The summed E-state index contributed by atoms with van der Waals surface area (Å²) in [4.78, 5) is 0. The molecule has 0 aliphatic heterocycles. The Morgan fingerprint density at radius 2 is 1.74 bits per heavy atom. The molecule has 0 heterocycles.